The summed E-state index contributed by atoms with van der Waals surface area (Å²) in [4.78, 5) is 4.73. The maximum atomic E-state index is 6.13. The lowest BCUT2D eigenvalue weighted by molar-refractivity contribution is 0.642. The first-order chi connectivity index (χ1) is 9.61. The van der Waals surface area contributed by atoms with Crippen molar-refractivity contribution < 1.29 is 0 Å². The lowest BCUT2D eigenvalue weighted by Crippen LogP contribution is -2.15. The molecule has 0 radical (unpaired) electrons. The number of benzene rings is 1. The van der Waals surface area contributed by atoms with Crippen molar-refractivity contribution in [1.82, 2.24) is 10.3 Å². The first-order valence-electron chi connectivity index (χ1n) is 7.41. The number of nitrogens with one attached hydrogen (secondary N) is 1. The van der Waals surface area contributed by atoms with Crippen molar-refractivity contribution in [2.45, 2.75) is 46.1 Å². The summed E-state index contributed by atoms with van der Waals surface area (Å²) in [6.45, 7) is 8.49. The van der Waals surface area contributed by atoms with Crippen LogP contribution in [-0.2, 0) is 6.54 Å². The van der Waals surface area contributed by atoms with Crippen LogP contribution in [0, 0.1) is 0 Å². The highest BCUT2D eigenvalue weighted by atomic mass is 35.5. The van der Waals surface area contributed by atoms with Gasteiger partial charge >= 0.3 is 0 Å². The Morgan fingerprint density at radius 3 is 2.75 bits per heavy atom. The van der Waals surface area contributed by atoms with Crippen LogP contribution in [0.1, 0.15) is 50.8 Å². The van der Waals surface area contributed by atoms with Gasteiger partial charge in [-0.15, -0.1) is 0 Å². The fourth-order valence-electron chi connectivity index (χ4n) is 2.26. The van der Waals surface area contributed by atoms with Gasteiger partial charge < -0.3 is 5.32 Å². The molecular weight excluding hydrogens is 268 g/mol. The molecule has 0 aliphatic heterocycles. The number of fused-ring (bicyclic) bond motifs is 1. The quantitative estimate of drug-likeness (QED) is 0.765. The Bertz CT molecular complexity index is 578. The van der Waals surface area contributed by atoms with Gasteiger partial charge in [-0.2, -0.15) is 0 Å². The SMILES string of the molecule is CCCCNCc1cc(C(C)C)nc2ccc(Cl)cc12. The summed E-state index contributed by atoms with van der Waals surface area (Å²) in [5.74, 6) is 0.435. The molecule has 2 nitrogen and oxygen atoms in total. The first kappa shape index (κ1) is 15.3. The van der Waals surface area contributed by atoms with Crippen molar-refractivity contribution in [1.29, 1.82) is 0 Å². The zero-order valence-corrected chi connectivity index (χ0v) is 13.3. The minimum Gasteiger partial charge on any atom is -0.313 e. The highest BCUT2D eigenvalue weighted by Gasteiger charge is 2.09. The predicted molar refractivity (Wildman–Crippen MR) is 87.5 cm³/mol. The third kappa shape index (κ3) is 3.71. The third-order valence-electron chi connectivity index (χ3n) is 3.49. The first-order valence-corrected chi connectivity index (χ1v) is 7.79. The lowest BCUT2D eigenvalue weighted by atomic mass is 10.0. The molecule has 0 spiro atoms. The van der Waals surface area contributed by atoms with Crippen LogP contribution in [0.25, 0.3) is 10.9 Å². The monoisotopic (exact) mass is 290 g/mol. The molecule has 20 heavy (non-hydrogen) atoms. The van der Waals surface area contributed by atoms with Gasteiger partial charge in [0.05, 0.1) is 5.52 Å². The Hall–Kier alpha value is -1.12. The van der Waals surface area contributed by atoms with E-state index in [1.54, 1.807) is 0 Å². The van der Waals surface area contributed by atoms with Gasteiger partial charge in [-0.25, -0.2) is 0 Å². The molecule has 1 aromatic heterocycles. The Kier molecular flexibility index (Phi) is 5.38. The normalized spacial score (nSPS) is 11.4. The molecule has 0 saturated heterocycles. The molecule has 0 amide bonds. The lowest BCUT2D eigenvalue weighted by Gasteiger charge is -2.13. The number of halogens is 1. The summed E-state index contributed by atoms with van der Waals surface area (Å²) >= 11 is 6.13. The van der Waals surface area contributed by atoms with Gasteiger partial charge in [-0.3, -0.25) is 4.98 Å². The van der Waals surface area contributed by atoms with E-state index in [4.69, 9.17) is 16.6 Å². The molecular formula is C17H23ClN2. The highest BCUT2D eigenvalue weighted by Crippen LogP contribution is 2.25. The number of aromatic nitrogens is 1. The van der Waals surface area contributed by atoms with Gasteiger partial charge in [0.1, 0.15) is 0 Å². The van der Waals surface area contributed by atoms with Crippen LogP contribution in [0.4, 0.5) is 0 Å². The van der Waals surface area contributed by atoms with Crippen LogP contribution in [-0.4, -0.2) is 11.5 Å². The fraction of sp³-hybridized carbons (Fsp3) is 0.471. The van der Waals surface area contributed by atoms with E-state index < -0.39 is 0 Å². The molecule has 0 atom stereocenters. The fourth-order valence-corrected chi connectivity index (χ4v) is 2.43. The zero-order valence-electron chi connectivity index (χ0n) is 12.5. The summed E-state index contributed by atoms with van der Waals surface area (Å²) in [6.07, 6.45) is 2.42. The molecule has 108 valence electrons. The number of nitrogens with zero attached hydrogens (tertiary/aromatic N) is 1. The van der Waals surface area contributed by atoms with E-state index in [-0.39, 0.29) is 0 Å². The number of hydrogen-bond donors (Lipinski definition) is 1. The Morgan fingerprint density at radius 1 is 1.25 bits per heavy atom. The molecule has 1 N–H and O–H groups in total. The molecule has 2 aromatic rings. The Labute approximate surface area is 126 Å². The molecule has 0 fully saturated rings. The van der Waals surface area contributed by atoms with E-state index in [1.807, 2.05) is 18.2 Å². The van der Waals surface area contributed by atoms with E-state index in [1.165, 1.54) is 18.4 Å². The Morgan fingerprint density at radius 2 is 2.05 bits per heavy atom. The van der Waals surface area contributed by atoms with Gasteiger partial charge in [-0.05, 0) is 48.7 Å². The minimum atomic E-state index is 0.435. The molecule has 1 aromatic carbocycles. The van der Waals surface area contributed by atoms with Crippen molar-refractivity contribution in [3.63, 3.8) is 0 Å². The van der Waals surface area contributed by atoms with E-state index in [0.29, 0.717) is 5.92 Å². The second-order valence-electron chi connectivity index (χ2n) is 5.55. The van der Waals surface area contributed by atoms with Gasteiger partial charge in [0.25, 0.3) is 0 Å². The van der Waals surface area contributed by atoms with Crippen LogP contribution in [0.5, 0.6) is 0 Å². The number of pyridine rings is 1. The van der Waals surface area contributed by atoms with E-state index in [2.05, 4.69) is 32.2 Å². The molecule has 1 heterocycles. The van der Waals surface area contributed by atoms with Gasteiger partial charge in [0.15, 0.2) is 0 Å². The minimum absolute atomic E-state index is 0.435. The van der Waals surface area contributed by atoms with E-state index >= 15 is 0 Å². The topological polar surface area (TPSA) is 24.9 Å². The molecule has 0 saturated carbocycles. The number of rotatable bonds is 6. The molecule has 0 unspecified atom stereocenters. The van der Waals surface area contributed by atoms with Gasteiger partial charge in [0.2, 0.25) is 0 Å². The average molecular weight is 291 g/mol. The van der Waals surface area contributed by atoms with Crippen LogP contribution in [0.15, 0.2) is 24.3 Å². The van der Waals surface area contributed by atoms with Crippen molar-refractivity contribution in [3.8, 4) is 0 Å². The summed E-state index contributed by atoms with van der Waals surface area (Å²) < 4.78 is 0. The van der Waals surface area contributed by atoms with Crippen molar-refractivity contribution in [3.05, 3.63) is 40.5 Å². The van der Waals surface area contributed by atoms with Crippen LogP contribution < -0.4 is 5.32 Å². The number of unbranched alkanes of at least 4 members (excludes halogenated alkanes) is 1. The molecule has 0 aliphatic rings. The summed E-state index contributed by atoms with van der Waals surface area (Å²) in [5.41, 5.74) is 3.47. The van der Waals surface area contributed by atoms with Crippen molar-refractivity contribution in [2.75, 3.05) is 6.54 Å². The largest absolute Gasteiger partial charge is 0.313 e. The van der Waals surface area contributed by atoms with Gasteiger partial charge in [0, 0.05) is 22.6 Å². The molecule has 3 heteroatoms. The number of hydrogen-bond acceptors (Lipinski definition) is 2. The molecule has 0 bridgehead atoms. The molecule has 2 rings (SSSR count). The average Bonchev–Trinajstić information content (AvgIpc) is 2.43. The summed E-state index contributed by atoms with van der Waals surface area (Å²) in [7, 11) is 0. The second-order valence-corrected chi connectivity index (χ2v) is 5.99. The summed E-state index contributed by atoms with van der Waals surface area (Å²) in [5, 5.41) is 5.44. The third-order valence-corrected chi connectivity index (χ3v) is 3.73. The van der Waals surface area contributed by atoms with Crippen LogP contribution in [0.3, 0.4) is 0 Å². The predicted octanol–water partition coefficient (Wildman–Crippen LogP) is 4.90. The second kappa shape index (κ2) is 7.05. The van der Waals surface area contributed by atoms with Crippen LogP contribution in [0.2, 0.25) is 5.02 Å². The van der Waals surface area contributed by atoms with Crippen molar-refractivity contribution in [2.24, 2.45) is 0 Å². The highest BCUT2D eigenvalue weighted by molar-refractivity contribution is 6.31. The van der Waals surface area contributed by atoms with E-state index in [0.717, 1.165) is 34.7 Å². The van der Waals surface area contributed by atoms with Gasteiger partial charge in [-0.1, -0.05) is 38.8 Å². The Balaban J connectivity index is 2.35. The maximum absolute atomic E-state index is 6.13. The van der Waals surface area contributed by atoms with Crippen molar-refractivity contribution >= 4 is 22.5 Å². The standard InChI is InChI=1S/C17H23ClN2/c1-4-5-8-19-11-13-9-17(12(2)3)20-16-7-6-14(18)10-15(13)16/h6-7,9-10,12,19H,4-5,8,11H2,1-3H3. The van der Waals surface area contributed by atoms with E-state index in [9.17, 15) is 0 Å². The zero-order chi connectivity index (χ0) is 14.5. The summed E-state index contributed by atoms with van der Waals surface area (Å²) in [6, 6.07) is 8.15. The maximum Gasteiger partial charge on any atom is 0.0709 e. The molecule has 0 aliphatic carbocycles. The smallest absolute Gasteiger partial charge is 0.0709 e. The van der Waals surface area contributed by atoms with Crippen LogP contribution >= 0.6 is 11.6 Å².